The molecule has 182 valence electrons. The van der Waals surface area contributed by atoms with Gasteiger partial charge >= 0.3 is 22.8 Å². The van der Waals surface area contributed by atoms with Crippen LogP contribution >= 0.6 is 38.7 Å². The standard InChI is InChI=1S/C17H38BrO9P3/c1-7-22-28(19,23-8-2)14-17(13-18,15-29(20,24-9-3)25-10-4)16-30(21,26-11-5)27-12-6/h7-16H2,1-6H3. The molecule has 0 atom stereocenters. The molecule has 0 unspecified atom stereocenters. The molecule has 0 spiro atoms. The summed E-state index contributed by atoms with van der Waals surface area (Å²) in [7, 11) is -10.8. The van der Waals surface area contributed by atoms with Crippen molar-refractivity contribution in [1.82, 2.24) is 0 Å². The highest BCUT2D eigenvalue weighted by Gasteiger charge is 2.49. The van der Waals surface area contributed by atoms with Gasteiger partial charge in [-0.2, -0.15) is 0 Å². The molecule has 0 radical (unpaired) electrons. The van der Waals surface area contributed by atoms with Gasteiger partial charge in [-0.3, -0.25) is 13.7 Å². The first-order valence-corrected chi connectivity index (χ1v) is 16.6. The fraction of sp³-hybridized carbons (Fsp3) is 1.00. The number of rotatable bonds is 19. The van der Waals surface area contributed by atoms with E-state index in [2.05, 4.69) is 15.9 Å². The maximum absolute atomic E-state index is 13.4. The van der Waals surface area contributed by atoms with E-state index in [1.165, 1.54) is 0 Å². The van der Waals surface area contributed by atoms with Crippen LogP contribution in [0.5, 0.6) is 0 Å². The summed E-state index contributed by atoms with van der Waals surface area (Å²) in [6.07, 6.45) is -0.455. The van der Waals surface area contributed by atoms with Crippen LogP contribution in [0.15, 0.2) is 0 Å². The Hall–Kier alpha value is 0.930. The van der Waals surface area contributed by atoms with Gasteiger partial charge in [0.15, 0.2) is 0 Å². The molecule has 0 saturated heterocycles. The molecular formula is C17H38BrO9P3. The molecule has 0 heterocycles. The quantitative estimate of drug-likeness (QED) is 0.136. The molecule has 0 bridgehead atoms. The van der Waals surface area contributed by atoms with Gasteiger partial charge in [-0.05, 0) is 41.5 Å². The van der Waals surface area contributed by atoms with Crippen molar-refractivity contribution in [3.05, 3.63) is 0 Å². The summed E-state index contributed by atoms with van der Waals surface area (Å²) in [5.74, 6) is 0. The van der Waals surface area contributed by atoms with Crippen molar-refractivity contribution in [1.29, 1.82) is 0 Å². The lowest BCUT2D eigenvalue weighted by Gasteiger charge is -2.37. The molecule has 0 amide bonds. The van der Waals surface area contributed by atoms with Gasteiger partial charge in [0.25, 0.3) is 0 Å². The second-order valence-electron chi connectivity index (χ2n) is 6.45. The molecule has 0 aromatic heterocycles. The van der Waals surface area contributed by atoms with Crippen molar-refractivity contribution in [3.8, 4) is 0 Å². The molecule has 0 aliphatic heterocycles. The van der Waals surface area contributed by atoms with Gasteiger partial charge in [0.1, 0.15) is 0 Å². The highest BCUT2D eigenvalue weighted by atomic mass is 79.9. The van der Waals surface area contributed by atoms with Gasteiger partial charge in [-0.15, -0.1) is 0 Å². The fourth-order valence-electron chi connectivity index (χ4n) is 3.07. The average molecular weight is 559 g/mol. The van der Waals surface area contributed by atoms with Crippen LogP contribution in [0.3, 0.4) is 0 Å². The summed E-state index contributed by atoms with van der Waals surface area (Å²) in [6, 6.07) is 0. The molecule has 0 saturated carbocycles. The smallest absolute Gasteiger partial charge is 0.309 e. The molecule has 0 N–H and O–H groups in total. The molecule has 0 aromatic rings. The van der Waals surface area contributed by atoms with E-state index >= 15 is 0 Å². The Balaban J connectivity index is 6.33. The molecular weight excluding hydrogens is 521 g/mol. The minimum absolute atomic E-state index is 0.152. The zero-order valence-corrected chi connectivity index (χ0v) is 23.2. The van der Waals surface area contributed by atoms with Crippen LogP contribution in [-0.4, -0.2) is 63.5 Å². The number of alkyl halides is 1. The molecule has 0 fully saturated rings. The Morgan fingerprint density at radius 1 is 0.533 bits per heavy atom. The third kappa shape index (κ3) is 10.7. The molecule has 0 rings (SSSR count). The van der Waals surface area contributed by atoms with E-state index in [9.17, 15) is 13.7 Å². The molecule has 0 aliphatic carbocycles. The zero-order chi connectivity index (χ0) is 23.3. The summed E-state index contributed by atoms with van der Waals surface area (Å²) >= 11 is 3.44. The number of hydrogen-bond donors (Lipinski definition) is 0. The molecule has 0 aliphatic rings. The predicted octanol–water partition coefficient (Wildman–Crippen LogP) is 6.17. The number of halogens is 1. The Morgan fingerprint density at radius 3 is 0.867 bits per heavy atom. The Kier molecular flexibility index (Phi) is 15.4. The lowest BCUT2D eigenvalue weighted by Crippen LogP contribution is -2.37. The Morgan fingerprint density at radius 2 is 0.733 bits per heavy atom. The first-order valence-electron chi connectivity index (χ1n) is 10.2. The van der Waals surface area contributed by atoms with E-state index in [0.29, 0.717) is 0 Å². The highest BCUT2D eigenvalue weighted by Crippen LogP contribution is 2.63. The zero-order valence-electron chi connectivity index (χ0n) is 19.0. The predicted molar refractivity (Wildman–Crippen MR) is 123 cm³/mol. The van der Waals surface area contributed by atoms with Crippen LogP contribution in [-0.2, 0) is 40.8 Å². The van der Waals surface area contributed by atoms with E-state index in [4.69, 9.17) is 27.1 Å². The fourth-order valence-corrected chi connectivity index (χ4v) is 11.7. The minimum Gasteiger partial charge on any atom is -0.309 e. The maximum Gasteiger partial charge on any atom is 0.331 e. The largest absolute Gasteiger partial charge is 0.331 e. The van der Waals surface area contributed by atoms with Crippen molar-refractivity contribution in [2.24, 2.45) is 5.41 Å². The van der Waals surface area contributed by atoms with E-state index < -0.39 is 28.2 Å². The van der Waals surface area contributed by atoms with Crippen molar-refractivity contribution < 1.29 is 40.8 Å². The molecule has 30 heavy (non-hydrogen) atoms. The van der Waals surface area contributed by atoms with Gasteiger partial charge in [0, 0.05) is 10.7 Å². The highest BCUT2D eigenvalue weighted by molar-refractivity contribution is 9.09. The summed E-state index contributed by atoms with van der Waals surface area (Å²) in [4.78, 5) is 0. The topological polar surface area (TPSA) is 107 Å². The SMILES string of the molecule is CCOP(=O)(CC(CBr)(CP(=O)(OCC)OCC)CP(=O)(OCC)OCC)OCC. The minimum atomic E-state index is -3.60. The molecule has 0 aromatic carbocycles. The van der Waals surface area contributed by atoms with Crippen LogP contribution in [0.2, 0.25) is 0 Å². The van der Waals surface area contributed by atoms with E-state index in [1.807, 2.05) is 0 Å². The van der Waals surface area contributed by atoms with Gasteiger partial charge < -0.3 is 27.1 Å². The lowest BCUT2D eigenvalue weighted by molar-refractivity contribution is 0.191. The van der Waals surface area contributed by atoms with Gasteiger partial charge in [0.2, 0.25) is 0 Å². The average Bonchev–Trinajstić information content (AvgIpc) is 2.62. The summed E-state index contributed by atoms with van der Waals surface area (Å²) in [6.45, 7) is 11.2. The third-order valence-corrected chi connectivity index (χ3v) is 12.1. The summed E-state index contributed by atoms with van der Waals surface area (Å²) < 4.78 is 72.9. The first-order chi connectivity index (χ1) is 14.0. The van der Waals surface area contributed by atoms with Gasteiger partial charge in [-0.1, -0.05) is 15.9 Å². The van der Waals surface area contributed by atoms with Gasteiger partial charge in [0.05, 0.1) is 58.1 Å². The van der Waals surface area contributed by atoms with Crippen molar-refractivity contribution in [2.45, 2.75) is 41.5 Å². The maximum atomic E-state index is 13.4. The number of hydrogen-bond acceptors (Lipinski definition) is 9. The van der Waals surface area contributed by atoms with Crippen LogP contribution in [0.25, 0.3) is 0 Å². The normalized spacial score (nSPS) is 13.7. The summed E-state index contributed by atoms with van der Waals surface area (Å²) in [5, 5.41) is 0.179. The van der Waals surface area contributed by atoms with Crippen molar-refractivity contribution >= 4 is 38.7 Å². The van der Waals surface area contributed by atoms with Crippen LogP contribution in [0, 0.1) is 5.41 Å². The Labute approximate surface area is 190 Å². The van der Waals surface area contributed by atoms with Crippen LogP contribution in [0.1, 0.15) is 41.5 Å². The van der Waals surface area contributed by atoms with Crippen molar-refractivity contribution in [2.75, 3.05) is 63.5 Å². The van der Waals surface area contributed by atoms with Crippen molar-refractivity contribution in [3.63, 3.8) is 0 Å². The second-order valence-corrected chi connectivity index (χ2v) is 13.2. The van der Waals surface area contributed by atoms with Crippen LogP contribution in [0.4, 0.5) is 0 Å². The van der Waals surface area contributed by atoms with E-state index in [-0.39, 0.29) is 63.5 Å². The van der Waals surface area contributed by atoms with Gasteiger partial charge in [-0.25, -0.2) is 0 Å². The monoisotopic (exact) mass is 558 g/mol. The second kappa shape index (κ2) is 15.0. The Bertz CT molecular complexity index is 508. The van der Waals surface area contributed by atoms with E-state index in [1.54, 1.807) is 41.5 Å². The summed E-state index contributed by atoms with van der Waals surface area (Å²) in [5.41, 5.74) is -1.13. The lowest BCUT2D eigenvalue weighted by atomic mass is 9.99. The van der Waals surface area contributed by atoms with Crippen LogP contribution < -0.4 is 0 Å². The molecule has 13 heteroatoms. The van der Waals surface area contributed by atoms with E-state index in [0.717, 1.165) is 0 Å². The third-order valence-electron chi connectivity index (χ3n) is 3.83. The first kappa shape index (κ1) is 30.9. The molecule has 9 nitrogen and oxygen atoms in total.